The van der Waals surface area contributed by atoms with Crippen LogP contribution in [0.4, 0.5) is 0 Å². The van der Waals surface area contributed by atoms with E-state index in [4.69, 9.17) is 0 Å². The average Bonchev–Trinajstić information content (AvgIpc) is 2.25. The first-order valence-electron chi connectivity index (χ1n) is 7.12. The van der Waals surface area contributed by atoms with E-state index in [-0.39, 0.29) is 0 Å². The molecule has 1 aliphatic rings. The van der Waals surface area contributed by atoms with Gasteiger partial charge in [0.05, 0.1) is 0 Å². The van der Waals surface area contributed by atoms with Gasteiger partial charge in [-0.15, -0.1) is 0 Å². The molecule has 16 heavy (non-hydrogen) atoms. The Balaban J connectivity index is 2.68. The number of hydrazine groups is 1. The summed E-state index contributed by atoms with van der Waals surface area (Å²) in [6, 6.07) is 2.02. The molecule has 0 N–H and O–H groups in total. The lowest BCUT2D eigenvalue weighted by atomic mass is 9.95. The molecular weight excluding hydrogens is 196 g/mol. The molecule has 0 unspecified atom stereocenters. The Morgan fingerprint density at radius 3 is 1.81 bits per heavy atom. The van der Waals surface area contributed by atoms with Crippen LogP contribution in [0.1, 0.15) is 66.7 Å². The third-order valence-electron chi connectivity index (χ3n) is 3.67. The van der Waals surface area contributed by atoms with E-state index >= 15 is 0 Å². The molecule has 2 heteroatoms. The van der Waals surface area contributed by atoms with Gasteiger partial charge in [-0.2, -0.15) is 0 Å². The van der Waals surface area contributed by atoms with Gasteiger partial charge in [-0.3, -0.25) is 0 Å². The van der Waals surface area contributed by atoms with E-state index < -0.39 is 0 Å². The van der Waals surface area contributed by atoms with E-state index in [0.717, 1.165) is 12.6 Å². The predicted octanol–water partition coefficient (Wildman–Crippen LogP) is 3.67. The van der Waals surface area contributed by atoms with Crippen LogP contribution in [0.3, 0.4) is 0 Å². The van der Waals surface area contributed by atoms with Gasteiger partial charge in [-0.05, 0) is 40.5 Å². The molecule has 0 atom stereocenters. The second-order valence-electron chi connectivity index (χ2n) is 5.62. The Morgan fingerprint density at radius 1 is 0.938 bits per heavy atom. The maximum absolute atomic E-state index is 2.63. The predicted molar refractivity (Wildman–Crippen MR) is 71.4 cm³/mol. The Kier molecular flexibility index (Phi) is 5.77. The summed E-state index contributed by atoms with van der Waals surface area (Å²) >= 11 is 0. The Morgan fingerprint density at radius 2 is 1.44 bits per heavy atom. The first-order valence-corrected chi connectivity index (χ1v) is 7.12. The van der Waals surface area contributed by atoms with Gasteiger partial charge >= 0.3 is 0 Å². The highest BCUT2D eigenvalue weighted by molar-refractivity contribution is 4.77. The summed E-state index contributed by atoms with van der Waals surface area (Å²) in [4.78, 5) is 0. The number of rotatable bonds is 5. The molecule has 2 nitrogen and oxygen atoms in total. The summed E-state index contributed by atoms with van der Waals surface area (Å²) in [6.07, 6.45) is 7.07. The highest BCUT2D eigenvalue weighted by atomic mass is 15.6. The maximum atomic E-state index is 2.63. The minimum Gasteiger partial charge on any atom is -0.239 e. The van der Waals surface area contributed by atoms with E-state index in [9.17, 15) is 0 Å². The molecule has 0 bridgehead atoms. The highest BCUT2D eigenvalue weighted by Crippen LogP contribution is 2.25. The van der Waals surface area contributed by atoms with Gasteiger partial charge in [-0.25, -0.2) is 10.0 Å². The summed E-state index contributed by atoms with van der Waals surface area (Å²) < 4.78 is 0. The smallest absolute Gasteiger partial charge is 0.0246 e. The highest BCUT2D eigenvalue weighted by Gasteiger charge is 2.27. The lowest BCUT2D eigenvalue weighted by Gasteiger charge is -2.46. The molecule has 96 valence electrons. The molecule has 0 radical (unpaired) electrons. The third kappa shape index (κ3) is 3.46. The SMILES string of the molecule is CCN(C1CCCCC1)N(C(C)C)C(C)C. The average molecular weight is 226 g/mol. The molecule has 1 fully saturated rings. The standard InChI is InChI=1S/C14H30N2/c1-6-15(14-10-8-7-9-11-14)16(12(2)3)13(4)5/h12-14H,6-11H2,1-5H3. The molecule has 0 heterocycles. The van der Waals surface area contributed by atoms with Crippen LogP contribution >= 0.6 is 0 Å². The molecule has 0 aromatic rings. The van der Waals surface area contributed by atoms with Crippen molar-refractivity contribution in [3.8, 4) is 0 Å². The van der Waals surface area contributed by atoms with Crippen LogP contribution in [0.15, 0.2) is 0 Å². The summed E-state index contributed by atoms with van der Waals surface area (Å²) in [5, 5.41) is 5.21. The zero-order chi connectivity index (χ0) is 12.1. The number of nitrogens with zero attached hydrogens (tertiary/aromatic N) is 2. The molecule has 0 spiro atoms. The normalized spacial score (nSPS) is 19.3. The van der Waals surface area contributed by atoms with E-state index in [2.05, 4.69) is 44.6 Å². The van der Waals surface area contributed by atoms with Gasteiger partial charge in [-0.1, -0.05) is 26.2 Å². The minimum absolute atomic E-state index is 0.613. The largest absolute Gasteiger partial charge is 0.239 e. The molecule has 0 aliphatic heterocycles. The zero-order valence-corrected chi connectivity index (χ0v) is 11.9. The lowest BCUT2D eigenvalue weighted by molar-refractivity contribution is -0.109. The molecule has 0 saturated heterocycles. The lowest BCUT2D eigenvalue weighted by Crippen LogP contribution is -2.55. The van der Waals surface area contributed by atoms with Crippen molar-refractivity contribution >= 4 is 0 Å². The molecule has 1 aliphatic carbocycles. The molecule has 0 aromatic carbocycles. The molecule has 1 rings (SSSR count). The number of hydrogen-bond acceptors (Lipinski definition) is 2. The van der Waals surface area contributed by atoms with E-state index in [1.54, 1.807) is 0 Å². The van der Waals surface area contributed by atoms with Crippen LogP contribution in [-0.4, -0.2) is 34.7 Å². The van der Waals surface area contributed by atoms with Crippen LogP contribution in [0.2, 0.25) is 0 Å². The van der Waals surface area contributed by atoms with Gasteiger partial charge in [0.2, 0.25) is 0 Å². The Hall–Kier alpha value is -0.0800. The van der Waals surface area contributed by atoms with E-state index in [1.807, 2.05) is 0 Å². The third-order valence-corrected chi connectivity index (χ3v) is 3.67. The molecular formula is C14H30N2. The van der Waals surface area contributed by atoms with Gasteiger partial charge < -0.3 is 0 Å². The van der Waals surface area contributed by atoms with Crippen LogP contribution < -0.4 is 0 Å². The van der Waals surface area contributed by atoms with Gasteiger partial charge in [0.15, 0.2) is 0 Å². The van der Waals surface area contributed by atoms with Crippen molar-refractivity contribution in [3.05, 3.63) is 0 Å². The molecule has 1 saturated carbocycles. The summed E-state index contributed by atoms with van der Waals surface area (Å²) in [7, 11) is 0. The number of hydrogen-bond donors (Lipinski definition) is 0. The second-order valence-corrected chi connectivity index (χ2v) is 5.62. The van der Waals surface area contributed by atoms with Crippen LogP contribution in [-0.2, 0) is 0 Å². The van der Waals surface area contributed by atoms with Crippen molar-refractivity contribution < 1.29 is 0 Å². The first kappa shape index (κ1) is 14.0. The van der Waals surface area contributed by atoms with Crippen molar-refractivity contribution in [3.63, 3.8) is 0 Å². The maximum Gasteiger partial charge on any atom is 0.0246 e. The molecule has 0 amide bonds. The topological polar surface area (TPSA) is 6.48 Å². The fourth-order valence-electron chi connectivity index (χ4n) is 3.18. The van der Waals surface area contributed by atoms with Crippen molar-refractivity contribution in [2.45, 2.75) is 84.8 Å². The van der Waals surface area contributed by atoms with Crippen LogP contribution in [0.25, 0.3) is 0 Å². The second kappa shape index (κ2) is 6.61. The summed E-state index contributed by atoms with van der Waals surface area (Å²) in [5.74, 6) is 0. The van der Waals surface area contributed by atoms with Gasteiger partial charge in [0.1, 0.15) is 0 Å². The van der Waals surface area contributed by atoms with Crippen molar-refractivity contribution in [1.29, 1.82) is 0 Å². The minimum atomic E-state index is 0.613. The van der Waals surface area contributed by atoms with E-state index in [1.165, 1.54) is 32.1 Å². The monoisotopic (exact) mass is 226 g/mol. The van der Waals surface area contributed by atoms with Gasteiger partial charge in [0.25, 0.3) is 0 Å². The van der Waals surface area contributed by atoms with Crippen molar-refractivity contribution in [1.82, 2.24) is 10.0 Å². The first-order chi connectivity index (χ1) is 7.57. The Labute approximate surface area is 102 Å². The summed E-state index contributed by atoms with van der Waals surface area (Å²) in [5.41, 5.74) is 0. The Bertz CT molecular complexity index is 175. The molecule has 0 aromatic heterocycles. The van der Waals surface area contributed by atoms with Gasteiger partial charge in [0, 0.05) is 24.7 Å². The fourth-order valence-corrected chi connectivity index (χ4v) is 3.18. The fraction of sp³-hybridized carbons (Fsp3) is 1.00. The van der Waals surface area contributed by atoms with Crippen molar-refractivity contribution in [2.24, 2.45) is 0 Å². The summed E-state index contributed by atoms with van der Waals surface area (Å²) in [6.45, 7) is 12.7. The zero-order valence-electron chi connectivity index (χ0n) is 11.9. The quantitative estimate of drug-likeness (QED) is 0.660. The van der Waals surface area contributed by atoms with E-state index in [0.29, 0.717) is 12.1 Å². The van der Waals surface area contributed by atoms with Crippen LogP contribution in [0, 0.1) is 0 Å². The van der Waals surface area contributed by atoms with Crippen molar-refractivity contribution in [2.75, 3.05) is 6.54 Å². The van der Waals surface area contributed by atoms with Crippen LogP contribution in [0.5, 0.6) is 0 Å².